The summed E-state index contributed by atoms with van der Waals surface area (Å²) < 4.78 is 5.08. The first kappa shape index (κ1) is 8.81. The second-order valence-electron chi connectivity index (χ2n) is 1.84. The van der Waals surface area contributed by atoms with E-state index >= 15 is 0 Å². The summed E-state index contributed by atoms with van der Waals surface area (Å²) in [4.78, 5) is 0. The number of hydrogen-bond donors (Lipinski definition) is 0. The van der Waals surface area contributed by atoms with Crippen LogP contribution in [-0.4, -0.2) is 11.7 Å². The lowest BCUT2D eigenvalue weighted by Crippen LogP contribution is -2.11. The van der Waals surface area contributed by atoms with Gasteiger partial charge in [-0.25, -0.2) is 0 Å². The van der Waals surface area contributed by atoms with Crippen LogP contribution in [0.2, 0.25) is 0 Å². The predicted molar refractivity (Wildman–Crippen MR) is 39.3 cm³/mol. The van der Waals surface area contributed by atoms with E-state index in [-0.39, 0.29) is 6.10 Å². The molecule has 0 aliphatic rings. The summed E-state index contributed by atoms with van der Waals surface area (Å²) in [6.07, 6.45) is 6.06. The third-order valence-electron chi connectivity index (χ3n) is 1.06. The Hall–Kier alpha value is -0.190. The molecule has 0 radical (unpaired) electrons. The van der Waals surface area contributed by atoms with Gasteiger partial charge in [0.15, 0.2) is 5.56 Å². The summed E-state index contributed by atoms with van der Waals surface area (Å²) in [5, 5.41) is 0. The maximum atomic E-state index is 5.48. The van der Waals surface area contributed by atoms with Crippen molar-refractivity contribution in [2.75, 3.05) is 0 Å². The van der Waals surface area contributed by atoms with Crippen molar-refractivity contribution in [1.82, 2.24) is 0 Å². The molecule has 0 aromatic carbocycles. The Labute approximate surface area is 61.3 Å². The molecule has 0 saturated carbocycles. The van der Waals surface area contributed by atoms with Gasteiger partial charge in [0.1, 0.15) is 0 Å². The van der Waals surface area contributed by atoms with Gasteiger partial charge in [-0.05, 0) is 13.3 Å². The Morgan fingerprint density at radius 2 is 2.33 bits per heavy atom. The zero-order valence-electron chi connectivity index (χ0n) is 5.73. The average molecular weight is 147 g/mol. The second kappa shape index (κ2) is 4.67. The Balaban J connectivity index is 3.37. The number of hydrogen-bond acceptors (Lipinski definition) is 1. The molecule has 0 aromatic heterocycles. The van der Waals surface area contributed by atoms with Gasteiger partial charge >= 0.3 is 0 Å². The molecule has 0 spiro atoms. The Morgan fingerprint density at radius 1 is 1.78 bits per heavy atom. The maximum Gasteiger partial charge on any atom is 0.192 e. The topological polar surface area (TPSA) is 9.23 Å². The van der Waals surface area contributed by atoms with Gasteiger partial charge in [-0.3, -0.25) is 0 Å². The zero-order valence-corrected chi connectivity index (χ0v) is 6.48. The molecule has 9 heavy (non-hydrogen) atoms. The predicted octanol–water partition coefficient (Wildman–Crippen LogP) is 2.00. The number of ether oxygens (including phenoxy) is 1. The summed E-state index contributed by atoms with van der Waals surface area (Å²) >= 11 is 5.48. The largest absolute Gasteiger partial charge is 0.348 e. The number of alkyl halides is 1. The van der Waals surface area contributed by atoms with E-state index in [2.05, 4.69) is 5.92 Å². The van der Waals surface area contributed by atoms with Crippen LogP contribution in [0.3, 0.4) is 0 Å². The van der Waals surface area contributed by atoms with E-state index in [0.29, 0.717) is 0 Å². The molecule has 0 bridgehead atoms. The van der Waals surface area contributed by atoms with Crippen LogP contribution in [0.4, 0.5) is 0 Å². The lowest BCUT2D eigenvalue weighted by Gasteiger charge is -2.10. The summed E-state index contributed by atoms with van der Waals surface area (Å²) in [7, 11) is 0. The highest BCUT2D eigenvalue weighted by molar-refractivity contribution is 6.21. The minimum Gasteiger partial charge on any atom is -0.348 e. The summed E-state index contributed by atoms with van der Waals surface area (Å²) in [6.45, 7) is 3.96. The van der Waals surface area contributed by atoms with Crippen molar-refractivity contribution in [3.05, 3.63) is 0 Å². The minimum atomic E-state index is -0.569. The van der Waals surface area contributed by atoms with Crippen molar-refractivity contribution in [2.45, 2.75) is 31.9 Å². The molecule has 2 atom stereocenters. The highest BCUT2D eigenvalue weighted by Crippen LogP contribution is 2.03. The fourth-order valence-corrected chi connectivity index (χ4v) is 0.515. The maximum absolute atomic E-state index is 5.48. The van der Waals surface area contributed by atoms with Gasteiger partial charge in [0.2, 0.25) is 0 Å². The SMILES string of the molecule is C#CC(Cl)OC(C)CC. The molecule has 0 aliphatic carbocycles. The van der Waals surface area contributed by atoms with Crippen LogP contribution in [0, 0.1) is 12.3 Å². The first-order valence-electron chi connectivity index (χ1n) is 2.96. The normalized spacial score (nSPS) is 16.2. The first-order chi connectivity index (χ1) is 4.20. The van der Waals surface area contributed by atoms with Crippen LogP contribution in [0.25, 0.3) is 0 Å². The lowest BCUT2D eigenvalue weighted by molar-refractivity contribution is 0.0679. The van der Waals surface area contributed by atoms with Crippen LogP contribution in [0.1, 0.15) is 20.3 Å². The van der Waals surface area contributed by atoms with Gasteiger partial charge in [-0.2, -0.15) is 0 Å². The average Bonchev–Trinajstić information content (AvgIpc) is 1.87. The molecular weight excluding hydrogens is 136 g/mol. The van der Waals surface area contributed by atoms with Gasteiger partial charge in [-0.15, -0.1) is 6.42 Å². The zero-order chi connectivity index (χ0) is 7.28. The fourth-order valence-electron chi connectivity index (χ4n) is 0.339. The van der Waals surface area contributed by atoms with Crippen molar-refractivity contribution >= 4 is 11.6 Å². The van der Waals surface area contributed by atoms with Crippen LogP contribution in [-0.2, 0) is 4.74 Å². The van der Waals surface area contributed by atoms with Crippen molar-refractivity contribution in [3.63, 3.8) is 0 Å². The molecular formula is C7H11ClO. The third kappa shape index (κ3) is 4.32. The molecule has 1 nitrogen and oxygen atoms in total. The Kier molecular flexibility index (Phi) is 4.57. The summed E-state index contributed by atoms with van der Waals surface area (Å²) in [5.74, 6) is 2.27. The van der Waals surface area contributed by atoms with Crippen LogP contribution in [0.5, 0.6) is 0 Å². The molecule has 0 aliphatic heterocycles. The van der Waals surface area contributed by atoms with Crippen LogP contribution < -0.4 is 0 Å². The molecule has 2 unspecified atom stereocenters. The number of rotatable bonds is 3. The minimum absolute atomic E-state index is 0.156. The molecule has 0 aromatic rings. The quantitative estimate of drug-likeness (QED) is 0.437. The molecule has 0 N–H and O–H groups in total. The van der Waals surface area contributed by atoms with Crippen LogP contribution in [0.15, 0.2) is 0 Å². The molecule has 0 fully saturated rings. The van der Waals surface area contributed by atoms with Crippen molar-refractivity contribution in [1.29, 1.82) is 0 Å². The lowest BCUT2D eigenvalue weighted by atomic mass is 10.3. The van der Waals surface area contributed by atoms with E-state index in [1.54, 1.807) is 0 Å². The smallest absolute Gasteiger partial charge is 0.192 e. The third-order valence-corrected chi connectivity index (χ3v) is 1.29. The van der Waals surface area contributed by atoms with E-state index in [9.17, 15) is 0 Å². The molecule has 2 heteroatoms. The molecule has 0 heterocycles. The van der Waals surface area contributed by atoms with Gasteiger partial charge in [0.25, 0.3) is 0 Å². The second-order valence-corrected chi connectivity index (χ2v) is 2.23. The van der Waals surface area contributed by atoms with E-state index < -0.39 is 5.56 Å². The summed E-state index contributed by atoms with van der Waals surface area (Å²) in [5.41, 5.74) is -0.569. The van der Waals surface area contributed by atoms with Crippen molar-refractivity contribution in [3.8, 4) is 12.3 Å². The van der Waals surface area contributed by atoms with Gasteiger partial charge in [-0.1, -0.05) is 24.4 Å². The van der Waals surface area contributed by atoms with E-state index in [0.717, 1.165) is 6.42 Å². The first-order valence-corrected chi connectivity index (χ1v) is 3.40. The van der Waals surface area contributed by atoms with Crippen molar-refractivity contribution in [2.24, 2.45) is 0 Å². The van der Waals surface area contributed by atoms with Crippen molar-refractivity contribution < 1.29 is 4.74 Å². The van der Waals surface area contributed by atoms with E-state index in [4.69, 9.17) is 22.8 Å². The highest BCUT2D eigenvalue weighted by Gasteiger charge is 2.03. The Morgan fingerprint density at radius 3 is 2.67 bits per heavy atom. The Bertz CT molecular complexity index is 106. The molecule has 52 valence electrons. The summed E-state index contributed by atoms with van der Waals surface area (Å²) in [6, 6.07) is 0. The van der Waals surface area contributed by atoms with Crippen LogP contribution >= 0.6 is 11.6 Å². The van der Waals surface area contributed by atoms with Gasteiger partial charge in [0.05, 0.1) is 6.10 Å². The van der Waals surface area contributed by atoms with E-state index in [1.807, 2.05) is 13.8 Å². The molecule has 0 saturated heterocycles. The molecule has 0 amide bonds. The highest BCUT2D eigenvalue weighted by atomic mass is 35.5. The molecule has 0 rings (SSSR count). The fraction of sp³-hybridized carbons (Fsp3) is 0.714. The number of terminal acetylenes is 1. The standard InChI is InChI=1S/C7H11ClO/c1-4-6(3)9-7(8)5-2/h2,6-7H,4H2,1,3H3. The van der Waals surface area contributed by atoms with Gasteiger partial charge < -0.3 is 4.74 Å². The van der Waals surface area contributed by atoms with Gasteiger partial charge in [0, 0.05) is 0 Å². The number of halogens is 1. The monoisotopic (exact) mass is 146 g/mol. The van der Waals surface area contributed by atoms with E-state index in [1.165, 1.54) is 0 Å².